The van der Waals surface area contributed by atoms with Gasteiger partial charge in [-0.2, -0.15) is 11.3 Å². The second kappa shape index (κ2) is 8.59. The van der Waals surface area contributed by atoms with Gasteiger partial charge >= 0.3 is 5.97 Å². The number of carbonyl (C=O) groups is 2. The van der Waals surface area contributed by atoms with Crippen molar-refractivity contribution in [2.45, 2.75) is 6.92 Å². The summed E-state index contributed by atoms with van der Waals surface area (Å²) in [6, 6.07) is 9.01. The summed E-state index contributed by atoms with van der Waals surface area (Å²) in [5, 5.41) is 8.94. The van der Waals surface area contributed by atoms with E-state index in [1.165, 1.54) is 11.3 Å². The van der Waals surface area contributed by atoms with Gasteiger partial charge < -0.3 is 14.8 Å². The van der Waals surface area contributed by atoms with Gasteiger partial charge in [0.15, 0.2) is 12.3 Å². The maximum atomic E-state index is 12.1. The van der Waals surface area contributed by atoms with Crippen LogP contribution in [0.25, 0.3) is 10.6 Å². The molecule has 26 heavy (non-hydrogen) atoms. The number of amides is 1. The zero-order valence-electron chi connectivity index (χ0n) is 13.9. The zero-order chi connectivity index (χ0) is 18.4. The van der Waals surface area contributed by atoms with Gasteiger partial charge in [0, 0.05) is 16.3 Å². The number of esters is 1. The normalized spacial score (nSPS) is 10.3. The van der Waals surface area contributed by atoms with Gasteiger partial charge in [0.05, 0.1) is 12.3 Å². The molecule has 6 nitrogen and oxygen atoms in total. The van der Waals surface area contributed by atoms with Gasteiger partial charge in [-0.3, -0.25) is 4.79 Å². The molecule has 0 radical (unpaired) electrons. The van der Waals surface area contributed by atoms with E-state index in [4.69, 9.17) is 9.47 Å². The molecule has 2 heterocycles. The molecular formula is C18H16N2O4S2. The van der Waals surface area contributed by atoms with Gasteiger partial charge in [-0.25, -0.2) is 9.78 Å². The Hall–Kier alpha value is -2.71. The second-order valence-electron chi connectivity index (χ2n) is 5.10. The van der Waals surface area contributed by atoms with Gasteiger partial charge in [0.1, 0.15) is 10.8 Å². The fraction of sp³-hybridized carbons (Fsp3) is 0.167. The predicted molar refractivity (Wildman–Crippen MR) is 102 cm³/mol. The van der Waals surface area contributed by atoms with Crippen molar-refractivity contribution >= 4 is 40.2 Å². The molecule has 8 heteroatoms. The molecule has 2 aromatic heterocycles. The van der Waals surface area contributed by atoms with Crippen molar-refractivity contribution in [3.8, 4) is 16.3 Å². The lowest BCUT2D eigenvalue weighted by Gasteiger charge is -2.11. The van der Waals surface area contributed by atoms with Crippen LogP contribution < -0.4 is 10.1 Å². The van der Waals surface area contributed by atoms with E-state index in [2.05, 4.69) is 10.3 Å². The van der Waals surface area contributed by atoms with Crippen molar-refractivity contribution in [3.63, 3.8) is 0 Å². The molecule has 134 valence electrons. The molecule has 0 spiro atoms. The minimum absolute atomic E-state index is 0.193. The standard InChI is InChI=1S/C18H16N2O4S2/c1-2-23-15-6-4-3-5-13(15)19-16(21)9-24-18(22)14-11-26-17(20-14)12-7-8-25-10-12/h3-8,10-11H,2,9H2,1H3,(H,19,21). The van der Waals surface area contributed by atoms with Gasteiger partial charge in [-0.1, -0.05) is 12.1 Å². The Bertz CT molecular complexity index is 890. The van der Waals surface area contributed by atoms with Crippen LogP contribution in [0.1, 0.15) is 17.4 Å². The Balaban J connectivity index is 1.55. The van der Waals surface area contributed by atoms with Crippen LogP contribution in [0.3, 0.4) is 0 Å². The first-order valence-corrected chi connectivity index (χ1v) is 9.66. The summed E-state index contributed by atoms with van der Waals surface area (Å²) in [7, 11) is 0. The number of thiophene rings is 1. The fourth-order valence-corrected chi connectivity index (χ4v) is 3.63. The third kappa shape index (κ3) is 4.47. The first kappa shape index (κ1) is 18.1. The number of aromatic nitrogens is 1. The first-order chi connectivity index (χ1) is 12.7. The molecule has 0 fully saturated rings. The maximum absolute atomic E-state index is 12.1. The average molecular weight is 388 g/mol. The number of ether oxygens (including phenoxy) is 2. The number of hydrogen-bond donors (Lipinski definition) is 1. The van der Waals surface area contributed by atoms with E-state index in [1.54, 1.807) is 34.9 Å². The van der Waals surface area contributed by atoms with Crippen molar-refractivity contribution < 1.29 is 19.1 Å². The summed E-state index contributed by atoms with van der Waals surface area (Å²) in [5.74, 6) is -0.510. The van der Waals surface area contributed by atoms with Crippen LogP contribution in [0.15, 0.2) is 46.5 Å². The number of nitrogens with zero attached hydrogens (tertiary/aromatic N) is 1. The van der Waals surface area contributed by atoms with Crippen LogP contribution in [0, 0.1) is 0 Å². The highest BCUT2D eigenvalue weighted by Crippen LogP contribution is 2.26. The molecule has 0 aliphatic rings. The summed E-state index contributed by atoms with van der Waals surface area (Å²) in [5.41, 5.74) is 1.69. The molecule has 0 aliphatic heterocycles. The zero-order valence-corrected chi connectivity index (χ0v) is 15.6. The van der Waals surface area contributed by atoms with E-state index in [9.17, 15) is 9.59 Å². The summed E-state index contributed by atoms with van der Waals surface area (Å²) in [4.78, 5) is 28.4. The number of benzene rings is 1. The Morgan fingerprint density at radius 1 is 1.19 bits per heavy atom. The minimum atomic E-state index is -0.629. The van der Waals surface area contributed by atoms with Crippen LogP contribution in [0.4, 0.5) is 5.69 Å². The van der Waals surface area contributed by atoms with Crippen molar-refractivity contribution in [2.75, 3.05) is 18.5 Å². The second-order valence-corrected chi connectivity index (χ2v) is 6.74. The Labute approximate surface area is 158 Å². The molecule has 0 atom stereocenters. The highest BCUT2D eigenvalue weighted by Gasteiger charge is 2.16. The highest BCUT2D eigenvalue weighted by atomic mass is 32.1. The SMILES string of the molecule is CCOc1ccccc1NC(=O)COC(=O)c1csc(-c2ccsc2)n1. The fourth-order valence-electron chi connectivity index (χ4n) is 2.13. The predicted octanol–water partition coefficient (Wildman–Crippen LogP) is 4.07. The molecule has 3 rings (SSSR count). The maximum Gasteiger partial charge on any atom is 0.358 e. The van der Waals surface area contributed by atoms with Crippen LogP contribution >= 0.6 is 22.7 Å². The molecular weight excluding hydrogens is 372 g/mol. The summed E-state index contributed by atoms with van der Waals surface area (Å²) in [6.45, 7) is 1.95. The van der Waals surface area contributed by atoms with E-state index in [-0.39, 0.29) is 5.69 Å². The van der Waals surface area contributed by atoms with Gasteiger partial charge in [0.2, 0.25) is 0 Å². The molecule has 1 aromatic carbocycles. The molecule has 3 aromatic rings. The number of para-hydroxylation sites is 2. The molecule has 0 bridgehead atoms. The number of nitrogens with one attached hydrogen (secondary N) is 1. The van der Waals surface area contributed by atoms with Crippen molar-refractivity contribution in [1.82, 2.24) is 4.98 Å². The minimum Gasteiger partial charge on any atom is -0.492 e. The number of anilines is 1. The van der Waals surface area contributed by atoms with E-state index < -0.39 is 18.5 Å². The number of rotatable bonds is 7. The molecule has 0 aliphatic carbocycles. The Kier molecular flexibility index (Phi) is 5.98. The molecule has 1 amide bonds. The van der Waals surface area contributed by atoms with E-state index >= 15 is 0 Å². The average Bonchev–Trinajstić information content (AvgIpc) is 3.33. The smallest absolute Gasteiger partial charge is 0.358 e. The van der Waals surface area contributed by atoms with Gasteiger partial charge in [-0.15, -0.1) is 11.3 Å². The van der Waals surface area contributed by atoms with E-state index in [0.29, 0.717) is 18.0 Å². The number of hydrogen-bond acceptors (Lipinski definition) is 7. The molecule has 1 N–H and O–H groups in total. The molecule has 0 unspecified atom stereocenters. The van der Waals surface area contributed by atoms with Crippen LogP contribution in [0.2, 0.25) is 0 Å². The largest absolute Gasteiger partial charge is 0.492 e. The first-order valence-electron chi connectivity index (χ1n) is 7.84. The highest BCUT2D eigenvalue weighted by molar-refractivity contribution is 7.14. The Morgan fingerprint density at radius 2 is 2.04 bits per heavy atom. The third-order valence-electron chi connectivity index (χ3n) is 3.28. The third-order valence-corrected chi connectivity index (χ3v) is 4.85. The van der Waals surface area contributed by atoms with Crippen molar-refractivity contribution in [1.29, 1.82) is 0 Å². The van der Waals surface area contributed by atoms with E-state index in [0.717, 1.165) is 10.6 Å². The van der Waals surface area contributed by atoms with Crippen molar-refractivity contribution in [3.05, 3.63) is 52.2 Å². The summed E-state index contributed by atoms with van der Waals surface area (Å²) < 4.78 is 10.5. The summed E-state index contributed by atoms with van der Waals surface area (Å²) >= 11 is 2.92. The van der Waals surface area contributed by atoms with Crippen LogP contribution in [0.5, 0.6) is 5.75 Å². The van der Waals surface area contributed by atoms with Gasteiger partial charge in [0.25, 0.3) is 5.91 Å². The van der Waals surface area contributed by atoms with Crippen molar-refractivity contribution in [2.24, 2.45) is 0 Å². The summed E-state index contributed by atoms with van der Waals surface area (Å²) in [6.07, 6.45) is 0. The Morgan fingerprint density at radius 3 is 2.81 bits per heavy atom. The molecule has 0 saturated heterocycles. The van der Waals surface area contributed by atoms with E-state index in [1.807, 2.05) is 29.8 Å². The van der Waals surface area contributed by atoms with Crippen LogP contribution in [-0.2, 0) is 9.53 Å². The lowest BCUT2D eigenvalue weighted by atomic mass is 10.3. The molecule has 0 saturated carbocycles. The lowest BCUT2D eigenvalue weighted by molar-refractivity contribution is -0.119. The number of carbonyl (C=O) groups excluding carboxylic acids is 2. The lowest BCUT2D eigenvalue weighted by Crippen LogP contribution is -2.21. The van der Waals surface area contributed by atoms with Gasteiger partial charge in [-0.05, 0) is 30.5 Å². The number of thiazole rings is 1. The van der Waals surface area contributed by atoms with Crippen LogP contribution in [-0.4, -0.2) is 30.1 Å². The quantitative estimate of drug-likeness (QED) is 0.618. The topological polar surface area (TPSA) is 77.5 Å². The monoisotopic (exact) mass is 388 g/mol.